The number of hydrogen-bond donors (Lipinski definition) is 2. The van der Waals surface area contributed by atoms with E-state index in [1.54, 1.807) is 4.90 Å². The minimum absolute atomic E-state index is 0.00189. The predicted octanol–water partition coefficient (Wildman–Crippen LogP) is 1.93. The van der Waals surface area contributed by atoms with Gasteiger partial charge in [-0.05, 0) is 44.4 Å². The number of carbonyl (C=O) groups is 1. The molecule has 2 rings (SSSR count). The Morgan fingerprint density at radius 3 is 2.90 bits per heavy atom. The van der Waals surface area contributed by atoms with Gasteiger partial charge in [-0.2, -0.15) is 0 Å². The largest absolute Gasteiger partial charge is 0.491 e. The Morgan fingerprint density at radius 2 is 2.29 bits per heavy atom. The molecule has 5 nitrogen and oxygen atoms in total. The highest BCUT2D eigenvalue weighted by Crippen LogP contribution is 2.26. The first-order valence-electron chi connectivity index (χ1n) is 7.47. The van der Waals surface area contributed by atoms with Gasteiger partial charge in [-0.15, -0.1) is 0 Å². The van der Waals surface area contributed by atoms with Crippen molar-refractivity contribution in [2.75, 3.05) is 19.8 Å². The summed E-state index contributed by atoms with van der Waals surface area (Å²) < 4.78 is 5.68. The lowest BCUT2D eigenvalue weighted by Crippen LogP contribution is -2.47. The van der Waals surface area contributed by atoms with Gasteiger partial charge in [-0.25, -0.2) is 4.79 Å². The zero-order valence-electron chi connectivity index (χ0n) is 12.7. The van der Waals surface area contributed by atoms with Crippen LogP contribution in [-0.4, -0.2) is 47.9 Å². The molecule has 1 aliphatic carbocycles. The van der Waals surface area contributed by atoms with Crippen LogP contribution in [-0.2, 0) is 0 Å². The molecular formula is C16H24N2O3. The fourth-order valence-corrected chi connectivity index (χ4v) is 2.21. The van der Waals surface area contributed by atoms with E-state index in [9.17, 15) is 4.79 Å². The first-order chi connectivity index (χ1) is 10.1. The molecule has 1 fully saturated rings. The number of aliphatic hydroxyl groups is 1. The summed E-state index contributed by atoms with van der Waals surface area (Å²) in [6, 6.07) is 7.93. The lowest BCUT2D eigenvalue weighted by atomic mass is 10.2. The van der Waals surface area contributed by atoms with Crippen LogP contribution in [0.25, 0.3) is 0 Å². The van der Waals surface area contributed by atoms with Crippen LogP contribution in [0.15, 0.2) is 24.3 Å². The van der Waals surface area contributed by atoms with Crippen LogP contribution in [0.3, 0.4) is 0 Å². The summed E-state index contributed by atoms with van der Waals surface area (Å²) in [6.45, 7) is 4.74. The molecule has 0 heterocycles. The molecule has 1 aromatic carbocycles. The maximum Gasteiger partial charge on any atom is 0.318 e. The molecule has 5 heteroatoms. The Bertz CT molecular complexity index is 474. The van der Waals surface area contributed by atoms with Crippen LogP contribution in [0.2, 0.25) is 0 Å². The number of nitrogens with zero attached hydrogens (tertiary/aromatic N) is 1. The standard InChI is InChI=1S/C16H24N2O3/c1-12-4-3-5-15(10-12)21-11-13(2)17-16(20)18(8-9-19)14-6-7-14/h3-5,10,13-14,19H,6-9,11H2,1-2H3,(H,17,20). The van der Waals surface area contributed by atoms with Gasteiger partial charge in [0.1, 0.15) is 12.4 Å². The zero-order chi connectivity index (χ0) is 15.2. The lowest BCUT2D eigenvalue weighted by molar-refractivity contribution is 0.166. The summed E-state index contributed by atoms with van der Waals surface area (Å²) in [5.74, 6) is 0.811. The summed E-state index contributed by atoms with van der Waals surface area (Å²) in [6.07, 6.45) is 2.06. The third kappa shape index (κ3) is 4.93. The van der Waals surface area contributed by atoms with Crippen molar-refractivity contribution < 1.29 is 14.6 Å². The van der Waals surface area contributed by atoms with Crippen molar-refractivity contribution >= 4 is 6.03 Å². The van der Waals surface area contributed by atoms with E-state index >= 15 is 0 Å². The molecule has 0 radical (unpaired) electrons. The SMILES string of the molecule is Cc1cccc(OCC(C)NC(=O)N(CCO)C2CC2)c1. The summed E-state index contributed by atoms with van der Waals surface area (Å²) in [7, 11) is 0. The number of urea groups is 1. The first kappa shape index (κ1) is 15.6. The van der Waals surface area contributed by atoms with Gasteiger partial charge in [0.2, 0.25) is 0 Å². The summed E-state index contributed by atoms with van der Waals surface area (Å²) >= 11 is 0. The Labute approximate surface area is 125 Å². The Morgan fingerprint density at radius 1 is 1.52 bits per heavy atom. The minimum Gasteiger partial charge on any atom is -0.491 e. The monoisotopic (exact) mass is 292 g/mol. The van der Waals surface area contributed by atoms with Crippen LogP contribution >= 0.6 is 0 Å². The number of hydrogen-bond acceptors (Lipinski definition) is 3. The van der Waals surface area contributed by atoms with Crippen LogP contribution in [0, 0.1) is 6.92 Å². The fraction of sp³-hybridized carbons (Fsp3) is 0.562. The van der Waals surface area contributed by atoms with Gasteiger partial charge in [0.05, 0.1) is 12.6 Å². The van der Waals surface area contributed by atoms with Crippen molar-refractivity contribution in [2.24, 2.45) is 0 Å². The number of rotatable bonds is 7. The Balaban J connectivity index is 1.78. The van der Waals surface area contributed by atoms with Gasteiger partial charge in [-0.3, -0.25) is 0 Å². The number of aryl methyl sites for hydroxylation is 1. The highest BCUT2D eigenvalue weighted by atomic mass is 16.5. The first-order valence-corrected chi connectivity index (χ1v) is 7.47. The van der Waals surface area contributed by atoms with Crippen molar-refractivity contribution in [1.29, 1.82) is 0 Å². The average Bonchev–Trinajstić information content (AvgIpc) is 3.27. The Kier molecular flexibility index (Phi) is 5.44. The molecule has 0 spiro atoms. The highest BCUT2D eigenvalue weighted by Gasteiger charge is 2.32. The van der Waals surface area contributed by atoms with E-state index in [2.05, 4.69) is 5.32 Å². The predicted molar refractivity (Wildman–Crippen MR) is 81.5 cm³/mol. The average molecular weight is 292 g/mol. The van der Waals surface area contributed by atoms with Crippen molar-refractivity contribution in [1.82, 2.24) is 10.2 Å². The number of amides is 2. The van der Waals surface area contributed by atoms with E-state index in [4.69, 9.17) is 9.84 Å². The molecule has 116 valence electrons. The molecule has 1 atom stereocenters. The maximum absolute atomic E-state index is 12.1. The van der Waals surface area contributed by atoms with E-state index in [-0.39, 0.29) is 18.7 Å². The Hall–Kier alpha value is -1.75. The van der Waals surface area contributed by atoms with Gasteiger partial charge in [-0.1, -0.05) is 12.1 Å². The third-order valence-electron chi connectivity index (χ3n) is 3.45. The van der Waals surface area contributed by atoms with E-state index in [0.717, 1.165) is 24.2 Å². The molecule has 0 saturated heterocycles. The fourth-order valence-electron chi connectivity index (χ4n) is 2.21. The molecule has 21 heavy (non-hydrogen) atoms. The molecule has 1 unspecified atom stereocenters. The molecule has 0 aliphatic heterocycles. The summed E-state index contributed by atoms with van der Waals surface area (Å²) in [5, 5.41) is 11.9. The second kappa shape index (κ2) is 7.31. The smallest absolute Gasteiger partial charge is 0.318 e. The molecule has 2 amide bonds. The van der Waals surface area contributed by atoms with Gasteiger partial charge < -0.3 is 20.1 Å². The minimum atomic E-state index is -0.119. The molecule has 2 N–H and O–H groups in total. The van der Waals surface area contributed by atoms with Crippen molar-refractivity contribution in [2.45, 2.75) is 38.8 Å². The lowest BCUT2D eigenvalue weighted by Gasteiger charge is -2.24. The summed E-state index contributed by atoms with van der Waals surface area (Å²) in [4.78, 5) is 13.9. The molecule has 0 bridgehead atoms. The number of aliphatic hydroxyl groups excluding tert-OH is 1. The zero-order valence-corrected chi connectivity index (χ0v) is 12.7. The normalized spacial score (nSPS) is 15.4. The van der Waals surface area contributed by atoms with Crippen LogP contribution in [0.4, 0.5) is 4.79 Å². The van der Waals surface area contributed by atoms with Gasteiger partial charge in [0.15, 0.2) is 0 Å². The van der Waals surface area contributed by atoms with E-state index in [1.165, 1.54) is 0 Å². The number of benzene rings is 1. The number of ether oxygens (including phenoxy) is 1. The molecule has 1 aromatic rings. The molecule has 0 aromatic heterocycles. The quantitative estimate of drug-likeness (QED) is 0.807. The topological polar surface area (TPSA) is 61.8 Å². The van der Waals surface area contributed by atoms with Crippen LogP contribution in [0.5, 0.6) is 5.75 Å². The van der Waals surface area contributed by atoms with Crippen molar-refractivity contribution in [3.63, 3.8) is 0 Å². The third-order valence-corrected chi connectivity index (χ3v) is 3.45. The summed E-state index contributed by atoms with van der Waals surface area (Å²) in [5.41, 5.74) is 1.15. The van der Waals surface area contributed by atoms with Gasteiger partial charge in [0, 0.05) is 12.6 Å². The number of nitrogens with one attached hydrogen (secondary N) is 1. The van der Waals surface area contributed by atoms with E-state index < -0.39 is 0 Å². The maximum atomic E-state index is 12.1. The molecular weight excluding hydrogens is 268 g/mol. The van der Waals surface area contributed by atoms with Crippen molar-refractivity contribution in [3.05, 3.63) is 29.8 Å². The molecule has 1 saturated carbocycles. The molecule has 1 aliphatic rings. The number of carbonyl (C=O) groups excluding carboxylic acids is 1. The van der Waals surface area contributed by atoms with Gasteiger partial charge >= 0.3 is 6.03 Å². The van der Waals surface area contributed by atoms with Crippen LogP contribution < -0.4 is 10.1 Å². The highest BCUT2D eigenvalue weighted by molar-refractivity contribution is 5.75. The van der Waals surface area contributed by atoms with E-state index in [0.29, 0.717) is 19.2 Å². The van der Waals surface area contributed by atoms with Crippen molar-refractivity contribution in [3.8, 4) is 5.75 Å². The van der Waals surface area contributed by atoms with Crippen LogP contribution in [0.1, 0.15) is 25.3 Å². The second-order valence-electron chi connectivity index (χ2n) is 5.63. The van der Waals surface area contributed by atoms with E-state index in [1.807, 2.05) is 38.1 Å². The van der Waals surface area contributed by atoms with Gasteiger partial charge in [0.25, 0.3) is 0 Å². The second-order valence-corrected chi connectivity index (χ2v) is 5.63.